The summed E-state index contributed by atoms with van der Waals surface area (Å²) in [6.07, 6.45) is 3.08. The first-order valence-corrected chi connectivity index (χ1v) is 10.7. The van der Waals surface area contributed by atoms with E-state index in [1.165, 1.54) is 25.4 Å². The second-order valence-corrected chi connectivity index (χ2v) is 8.63. The van der Waals surface area contributed by atoms with Gasteiger partial charge in [0.15, 0.2) is 0 Å². The minimum atomic E-state index is -4.00. The second-order valence-electron chi connectivity index (χ2n) is 6.77. The highest BCUT2D eigenvalue weighted by molar-refractivity contribution is 7.92. The third-order valence-electron chi connectivity index (χ3n) is 4.53. The molecule has 1 amide bonds. The Kier molecular flexibility index (Phi) is 6.37. The van der Waals surface area contributed by atoms with Crippen molar-refractivity contribution in [1.82, 2.24) is 4.98 Å². The first-order chi connectivity index (χ1) is 14.3. The van der Waals surface area contributed by atoms with Crippen LogP contribution in [0.3, 0.4) is 0 Å². The monoisotopic (exact) mass is 425 g/mol. The lowest BCUT2D eigenvalue weighted by Gasteiger charge is -2.26. The van der Waals surface area contributed by atoms with Gasteiger partial charge in [0.05, 0.1) is 29.6 Å². The van der Waals surface area contributed by atoms with Crippen LogP contribution in [-0.4, -0.2) is 33.0 Å². The number of ether oxygens (including phenoxy) is 1. The molecule has 0 fully saturated rings. The summed E-state index contributed by atoms with van der Waals surface area (Å²) in [7, 11) is -2.50. The number of nitrogens with zero attached hydrogens (tertiary/aromatic N) is 2. The maximum Gasteiger partial charge on any atom is 0.264 e. The van der Waals surface area contributed by atoms with Crippen LogP contribution in [0.25, 0.3) is 0 Å². The maximum atomic E-state index is 13.5. The van der Waals surface area contributed by atoms with E-state index < -0.39 is 22.5 Å². The molecule has 2 aromatic carbocycles. The Morgan fingerprint density at radius 3 is 2.47 bits per heavy atom. The van der Waals surface area contributed by atoms with E-state index in [9.17, 15) is 13.2 Å². The van der Waals surface area contributed by atoms with Crippen molar-refractivity contribution in [3.63, 3.8) is 0 Å². The molecule has 1 heterocycles. The number of sulfonamides is 1. The van der Waals surface area contributed by atoms with E-state index in [4.69, 9.17) is 4.74 Å². The fourth-order valence-corrected chi connectivity index (χ4v) is 4.37. The molecule has 7 nitrogen and oxygen atoms in total. The van der Waals surface area contributed by atoms with Gasteiger partial charge in [-0.25, -0.2) is 8.42 Å². The van der Waals surface area contributed by atoms with Gasteiger partial charge in [-0.1, -0.05) is 23.8 Å². The van der Waals surface area contributed by atoms with Gasteiger partial charge in [0.25, 0.3) is 10.0 Å². The number of carbonyl (C=O) groups is 1. The van der Waals surface area contributed by atoms with Crippen molar-refractivity contribution in [2.24, 2.45) is 0 Å². The van der Waals surface area contributed by atoms with Crippen molar-refractivity contribution in [2.45, 2.75) is 18.7 Å². The molecule has 0 aliphatic carbocycles. The molecule has 156 valence electrons. The molecule has 1 N–H and O–H groups in total. The molecule has 8 heteroatoms. The molecule has 0 saturated carbocycles. The molecule has 0 unspecified atom stereocenters. The van der Waals surface area contributed by atoms with Gasteiger partial charge in [0.1, 0.15) is 12.3 Å². The Hall–Kier alpha value is -3.39. The predicted octanol–water partition coefficient (Wildman–Crippen LogP) is 3.54. The van der Waals surface area contributed by atoms with E-state index in [0.717, 1.165) is 9.87 Å². The minimum Gasteiger partial charge on any atom is -0.497 e. The average Bonchev–Trinajstić information content (AvgIpc) is 2.73. The predicted molar refractivity (Wildman–Crippen MR) is 116 cm³/mol. The van der Waals surface area contributed by atoms with Crippen LogP contribution >= 0.6 is 0 Å². The number of rotatable bonds is 7. The number of hydrogen-bond acceptors (Lipinski definition) is 5. The smallest absolute Gasteiger partial charge is 0.264 e. The SMILES string of the molecule is COc1ccc(C)c(N(CC(=O)Nc2cccnc2)S(=O)(=O)c2ccc(C)cc2)c1. The molecule has 0 spiro atoms. The normalized spacial score (nSPS) is 11.0. The zero-order valence-corrected chi connectivity index (χ0v) is 17.8. The number of hydrogen-bond donors (Lipinski definition) is 1. The van der Waals surface area contributed by atoms with Gasteiger partial charge in [-0.3, -0.25) is 14.1 Å². The first kappa shape index (κ1) is 21.3. The molecule has 0 bridgehead atoms. The highest BCUT2D eigenvalue weighted by Gasteiger charge is 2.28. The Morgan fingerprint density at radius 2 is 1.83 bits per heavy atom. The maximum absolute atomic E-state index is 13.5. The molecule has 1 aromatic heterocycles. The number of amides is 1. The minimum absolute atomic E-state index is 0.101. The number of anilines is 2. The summed E-state index contributed by atoms with van der Waals surface area (Å²) in [6.45, 7) is 3.26. The topological polar surface area (TPSA) is 88.6 Å². The van der Waals surface area contributed by atoms with Gasteiger partial charge in [0, 0.05) is 12.3 Å². The largest absolute Gasteiger partial charge is 0.497 e. The third kappa shape index (κ3) is 4.77. The van der Waals surface area contributed by atoms with Crippen molar-refractivity contribution in [1.29, 1.82) is 0 Å². The van der Waals surface area contributed by atoms with E-state index in [0.29, 0.717) is 22.7 Å². The van der Waals surface area contributed by atoms with E-state index >= 15 is 0 Å². The Bertz CT molecular complexity index is 1130. The van der Waals surface area contributed by atoms with Crippen molar-refractivity contribution in [3.8, 4) is 5.75 Å². The molecule has 3 rings (SSSR count). The number of aryl methyl sites for hydroxylation is 2. The number of nitrogens with one attached hydrogen (secondary N) is 1. The molecule has 30 heavy (non-hydrogen) atoms. The summed E-state index contributed by atoms with van der Waals surface area (Å²) < 4.78 is 33.3. The van der Waals surface area contributed by atoms with Crippen LogP contribution < -0.4 is 14.4 Å². The zero-order valence-electron chi connectivity index (χ0n) is 17.0. The lowest BCUT2D eigenvalue weighted by atomic mass is 10.2. The van der Waals surface area contributed by atoms with Gasteiger partial charge in [0.2, 0.25) is 5.91 Å². The Balaban J connectivity index is 2.02. The summed E-state index contributed by atoms with van der Waals surface area (Å²) in [5, 5.41) is 2.68. The molecule has 0 aliphatic rings. The highest BCUT2D eigenvalue weighted by atomic mass is 32.2. The van der Waals surface area contributed by atoms with Crippen LogP contribution in [0.15, 0.2) is 71.9 Å². The van der Waals surface area contributed by atoms with E-state index in [1.807, 2.05) is 6.92 Å². The summed E-state index contributed by atoms with van der Waals surface area (Å²) >= 11 is 0. The van der Waals surface area contributed by atoms with Gasteiger partial charge < -0.3 is 10.1 Å². The fraction of sp³-hybridized carbons (Fsp3) is 0.182. The molecular weight excluding hydrogens is 402 g/mol. The molecule has 0 atom stereocenters. The first-order valence-electron chi connectivity index (χ1n) is 9.25. The van der Waals surface area contributed by atoms with Gasteiger partial charge >= 0.3 is 0 Å². The number of aromatic nitrogens is 1. The third-order valence-corrected chi connectivity index (χ3v) is 6.30. The number of benzene rings is 2. The summed E-state index contributed by atoms with van der Waals surface area (Å²) in [4.78, 5) is 16.8. The summed E-state index contributed by atoms with van der Waals surface area (Å²) in [5.74, 6) is 0.00767. The number of carbonyl (C=O) groups excluding carboxylic acids is 1. The molecule has 3 aromatic rings. The number of methoxy groups -OCH3 is 1. The molecule has 0 aliphatic heterocycles. The summed E-state index contributed by atoms with van der Waals surface area (Å²) in [6, 6.07) is 15.0. The second kappa shape index (κ2) is 8.96. The van der Waals surface area contributed by atoms with Gasteiger partial charge in [-0.15, -0.1) is 0 Å². The van der Waals surface area contributed by atoms with Gasteiger partial charge in [-0.05, 0) is 49.7 Å². The average molecular weight is 426 g/mol. The summed E-state index contributed by atoms with van der Waals surface area (Å²) in [5.41, 5.74) is 2.49. The van der Waals surface area contributed by atoms with Crippen molar-refractivity contribution in [3.05, 3.63) is 78.1 Å². The highest BCUT2D eigenvalue weighted by Crippen LogP contribution is 2.30. The van der Waals surface area contributed by atoms with Crippen LogP contribution in [0.4, 0.5) is 11.4 Å². The van der Waals surface area contributed by atoms with Crippen LogP contribution in [0.2, 0.25) is 0 Å². The quantitative estimate of drug-likeness (QED) is 0.625. The van der Waals surface area contributed by atoms with E-state index in [-0.39, 0.29) is 4.90 Å². The lowest BCUT2D eigenvalue weighted by molar-refractivity contribution is -0.114. The Labute approximate surface area is 176 Å². The molecule has 0 radical (unpaired) electrons. The van der Waals surface area contributed by atoms with Crippen LogP contribution in [-0.2, 0) is 14.8 Å². The molecule has 0 saturated heterocycles. The van der Waals surface area contributed by atoms with Crippen molar-refractivity contribution >= 4 is 27.3 Å². The van der Waals surface area contributed by atoms with E-state index in [1.54, 1.807) is 55.6 Å². The fourth-order valence-electron chi connectivity index (χ4n) is 2.89. The van der Waals surface area contributed by atoms with E-state index in [2.05, 4.69) is 10.3 Å². The van der Waals surface area contributed by atoms with Crippen LogP contribution in [0.5, 0.6) is 5.75 Å². The van der Waals surface area contributed by atoms with Crippen LogP contribution in [0.1, 0.15) is 11.1 Å². The Morgan fingerprint density at radius 1 is 1.10 bits per heavy atom. The standard InChI is InChI=1S/C22H23N3O4S/c1-16-6-10-20(11-7-16)30(27,28)25(21-13-19(29-3)9-8-17(21)2)15-22(26)24-18-5-4-12-23-14-18/h4-14H,15H2,1-3H3,(H,24,26). The molecular formula is C22H23N3O4S. The van der Waals surface area contributed by atoms with Crippen LogP contribution in [0, 0.1) is 13.8 Å². The van der Waals surface area contributed by atoms with Gasteiger partial charge in [-0.2, -0.15) is 0 Å². The zero-order chi connectivity index (χ0) is 21.7. The van der Waals surface area contributed by atoms with Crippen molar-refractivity contribution in [2.75, 3.05) is 23.3 Å². The lowest BCUT2D eigenvalue weighted by Crippen LogP contribution is -2.38. The van der Waals surface area contributed by atoms with Crippen molar-refractivity contribution < 1.29 is 17.9 Å². The number of pyridine rings is 1.